The van der Waals surface area contributed by atoms with Gasteiger partial charge in [-0.25, -0.2) is 4.79 Å². The lowest BCUT2D eigenvalue weighted by atomic mass is 10.0. The first kappa shape index (κ1) is 16.8. The van der Waals surface area contributed by atoms with E-state index in [0.717, 1.165) is 10.8 Å². The van der Waals surface area contributed by atoms with Crippen LogP contribution in [0.2, 0.25) is 0 Å². The molecule has 5 rings (SSSR count). The first-order valence-corrected chi connectivity index (χ1v) is 8.71. The van der Waals surface area contributed by atoms with Gasteiger partial charge in [-0.2, -0.15) is 0 Å². The molecule has 1 amide bonds. The number of aromatic nitrogens is 3. The Morgan fingerprint density at radius 1 is 0.897 bits per heavy atom. The number of benzene rings is 2. The largest absolute Gasteiger partial charge is 0.422 e. The number of pyridine rings is 1. The van der Waals surface area contributed by atoms with Gasteiger partial charge in [0, 0.05) is 11.6 Å². The molecule has 3 aromatic heterocycles. The maximum atomic E-state index is 12.6. The number of hydrogen-bond donors (Lipinski definition) is 1. The molecular formula is C21H12N4O4. The van der Waals surface area contributed by atoms with Gasteiger partial charge in [0.15, 0.2) is 0 Å². The number of carbonyl (C=O) groups is 1. The first-order valence-electron chi connectivity index (χ1n) is 8.71. The van der Waals surface area contributed by atoms with E-state index in [-0.39, 0.29) is 17.5 Å². The molecule has 0 bridgehead atoms. The summed E-state index contributed by atoms with van der Waals surface area (Å²) < 4.78 is 10.8. The third-order valence-corrected chi connectivity index (χ3v) is 4.42. The monoisotopic (exact) mass is 384 g/mol. The number of anilines is 1. The van der Waals surface area contributed by atoms with Gasteiger partial charge in [-0.15, -0.1) is 5.10 Å². The van der Waals surface area contributed by atoms with Crippen LogP contribution in [0.25, 0.3) is 33.3 Å². The second kappa shape index (κ2) is 6.68. The van der Waals surface area contributed by atoms with E-state index in [0.29, 0.717) is 16.7 Å². The lowest BCUT2D eigenvalue weighted by Gasteiger charge is -2.05. The van der Waals surface area contributed by atoms with Crippen molar-refractivity contribution in [1.29, 1.82) is 0 Å². The Morgan fingerprint density at radius 3 is 2.62 bits per heavy atom. The summed E-state index contributed by atoms with van der Waals surface area (Å²) in [6.07, 6.45) is 1.59. The van der Waals surface area contributed by atoms with E-state index >= 15 is 0 Å². The summed E-state index contributed by atoms with van der Waals surface area (Å²) in [6, 6.07) is 17.8. The van der Waals surface area contributed by atoms with E-state index in [2.05, 4.69) is 20.5 Å². The molecule has 0 fully saturated rings. The molecule has 0 atom stereocenters. The molecule has 0 spiro atoms. The maximum absolute atomic E-state index is 12.6. The van der Waals surface area contributed by atoms with Gasteiger partial charge in [0.25, 0.3) is 11.8 Å². The SMILES string of the molecule is O=C(Nc1nnc(-c2ccccn2)o1)c1cc2c(ccc3ccccc32)oc1=O. The fourth-order valence-corrected chi connectivity index (χ4v) is 3.06. The quantitative estimate of drug-likeness (QED) is 0.373. The van der Waals surface area contributed by atoms with E-state index in [9.17, 15) is 9.59 Å². The molecule has 0 aliphatic carbocycles. The van der Waals surface area contributed by atoms with Gasteiger partial charge in [-0.3, -0.25) is 15.1 Å². The van der Waals surface area contributed by atoms with Crippen LogP contribution in [-0.2, 0) is 0 Å². The minimum Gasteiger partial charge on any atom is -0.422 e. The van der Waals surface area contributed by atoms with E-state index < -0.39 is 11.5 Å². The molecule has 2 aromatic carbocycles. The van der Waals surface area contributed by atoms with Crippen LogP contribution in [0.5, 0.6) is 0 Å². The number of fused-ring (bicyclic) bond motifs is 3. The Kier molecular flexibility index (Phi) is 3.87. The summed E-state index contributed by atoms with van der Waals surface area (Å²) in [6.45, 7) is 0. The summed E-state index contributed by atoms with van der Waals surface area (Å²) in [4.78, 5) is 29.1. The maximum Gasteiger partial charge on any atom is 0.349 e. The zero-order valence-electron chi connectivity index (χ0n) is 14.8. The van der Waals surface area contributed by atoms with Crippen molar-refractivity contribution in [1.82, 2.24) is 15.2 Å². The zero-order chi connectivity index (χ0) is 19.8. The molecule has 8 heteroatoms. The third-order valence-electron chi connectivity index (χ3n) is 4.42. The third kappa shape index (κ3) is 3.02. The van der Waals surface area contributed by atoms with Crippen molar-refractivity contribution >= 4 is 33.7 Å². The van der Waals surface area contributed by atoms with E-state index in [1.54, 1.807) is 30.5 Å². The summed E-state index contributed by atoms with van der Waals surface area (Å²) in [5.74, 6) is -0.553. The highest BCUT2D eigenvalue weighted by Crippen LogP contribution is 2.25. The van der Waals surface area contributed by atoms with Crippen molar-refractivity contribution in [2.75, 3.05) is 5.32 Å². The van der Waals surface area contributed by atoms with Crippen molar-refractivity contribution in [3.8, 4) is 11.6 Å². The van der Waals surface area contributed by atoms with Crippen LogP contribution >= 0.6 is 0 Å². The number of carbonyl (C=O) groups excluding carboxylic acids is 1. The van der Waals surface area contributed by atoms with Crippen molar-refractivity contribution in [3.05, 3.63) is 82.8 Å². The summed E-state index contributed by atoms with van der Waals surface area (Å²) in [7, 11) is 0. The van der Waals surface area contributed by atoms with Crippen LogP contribution in [-0.4, -0.2) is 21.1 Å². The molecule has 0 saturated carbocycles. The van der Waals surface area contributed by atoms with Crippen LogP contribution < -0.4 is 10.9 Å². The van der Waals surface area contributed by atoms with Gasteiger partial charge >= 0.3 is 11.6 Å². The Balaban J connectivity index is 1.51. The topological polar surface area (TPSA) is 111 Å². The van der Waals surface area contributed by atoms with Crippen LogP contribution in [0.15, 0.2) is 80.5 Å². The second-order valence-corrected chi connectivity index (χ2v) is 6.23. The molecule has 1 N–H and O–H groups in total. The highest BCUT2D eigenvalue weighted by Gasteiger charge is 2.18. The molecule has 5 aromatic rings. The highest BCUT2D eigenvalue weighted by atomic mass is 16.4. The van der Waals surface area contributed by atoms with Crippen LogP contribution in [0.4, 0.5) is 6.01 Å². The van der Waals surface area contributed by atoms with Gasteiger partial charge in [0.2, 0.25) is 0 Å². The van der Waals surface area contributed by atoms with Gasteiger partial charge in [0.05, 0.1) is 0 Å². The standard InChI is InChI=1S/C21H12N4O4/c26-18(23-21-25-24-19(29-21)16-7-3-4-10-22-16)15-11-14-13-6-2-1-5-12(13)8-9-17(14)28-20(15)27/h1-11H,(H,23,25,26). The van der Waals surface area contributed by atoms with Crippen molar-refractivity contribution < 1.29 is 13.6 Å². The Morgan fingerprint density at radius 2 is 1.76 bits per heavy atom. The van der Waals surface area contributed by atoms with Gasteiger partial charge in [-0.1, -0.05) is 41.5 Å². The number of nitrogens with one attached hydrogen (secondary N) is 1. The molecule has 140 valence electrons. The molecule has 0 saturated heterocycles. The first-order chi connectivity index (χ1) is 14.2. The van der Waals surface area contributed by atoms with Crippen molar-refractivity contribution in [2.24, 2.45) is 0 Å². The van der Waals surface area contributed by atoms with Gasteiger partial charge < -0.3 is 8.83 Å². The summed E-state index contributed by atoms with van der Waals surface area (Å²) in [5, 5.41) is 12.6. The number of rotatable bonds is 3. The Labute approximate surface area is 162 Å². The second-order valence-electron chi connectivity index (χ2n) is 6.23. The molecule has 0 aliphatic rings. The minimum absolute atomic E-state index is 0.145. The molecule has 8 nitrogen and oxygen atoms in total. The smallest absolute Gasteiger partial charge is 0.349 e. The zero-order valence-corrected chi connectivity index (χ0v) is 14.8. The normalized spacial score (nSPS) is 11.0. The van der Waals surface area contributed by atoms with Gasteiger partial charge in [-0.05, 0) is 35.0 Å². The van der Waals surface area contributed by atoms with E-state index in [1.807, 2.05) is 30.3 Å². The summed E-state index contributed by atoms with van der Waals surface area (Å²) >= 11 is 0. The lowest BCUT2D eigenvalue weighted by molar-refractivity contribution is 0.102. The molecule has 29 heavy (non-hydrogen) atoms. The number of nitrogens with zero attached hydrogens (tertiary/aromatic N) is 3. The Hall–Kier alpha value is -4.33. The predicted octanol–water partition coefficient (Wildman–Crippen LogP) is 3.64. The summed E-state index contributed by atoms with van der Waals surface area (Å²) in [5.41, 5.74) is -0.0427. The molecular weight excluding hydrogens is 372 g/mol. The average Bonchev–Trinajstić information content (AvgIpc) is 3.22. The average molecular weight is 384 g/mol. The van der Waals surface area contributed by atoms with Crippen LogP contribution in [0.1, 0.15) is 10.4 Å². The van der Waals surface area contributed by atoms with E-state index in [1.165, 1.54) is 6.07 Å². The van der Waals surface area contributed by atoms with Crippen LogP contribution in [0.3, 0.4) is 0 Å². The molecule has 0 aliphatic heterocycles. The molecule has 3 heterocycles. The minimum atomic E-state index is -0.755. The van der Waals surface area contributed by atoms with Crippen molar-refractivity contribution in [3.63, 3.8) is 0 Å². The van der Waals surface area contributed by atoms with Crippen molar-refractivity contribution in [2.45, 2.75) is 0 Å². The lowest BCUT2D eigenvalue weighted by Crippen LogP contribution is -2.20. The van der Waals surface area contributed by atoms with Gasteiger partial charge in [0.1, 0.15) is 16.8 Å². The number of hydrogen-bond acceptors (Lipinski definition) is 7. The Bertz CT molecular complexity index is 1420. The highest BCUT2D eigenvalue weighted by molar-refractivity contribution is 6.10. The molecule has 0 radical (unpaired) electrons. The van der Waals surface area contributed by atoms with E-state index in [4.69, 9.17) is 8.83 Å². The predicted molar refractivity (Wildman–Crippen MR) is 105 cm³/mol. The van der Waals surface area contributed by atoms with Crippen LogP contribution in [0, 0.1) is 0 Å². The number of amides is 1. The fraction of sp³-hybridized carbons (Fsp3) is 0. The fourth-order valence-electron chi connectivity index (χ4n) is 3.06. The molecule has 0 unspecified atom stereocenters.